The quantitative estimate of drug-likeness (QED) is 0.675. The average Bonchev–Trinajstić information content (AvgIpc) is 2.24. The Hall–Kier alpha value is -1.79. The summed E-state index contributed by atoms with van der Waals surface area (Å²) in [6, 6.07) is -1.29. The van der Waals surface area contributed by atoms with Crippen LogP contribution in [0.3, 0.4) is 0 Å². The maximum absolute atomic E-state index is 12.0. The molecule has 1 unspecified atom stereocenters. The van der Waals surface area contributed by atoms with E-state index < -0.39 is 30.1 Å². The van der Waals surface area contributed by atoms with Crippen molar-refractivity contribution in [1.82, 2.24) is 15.5 Å². The molecule has 0 aliphatic heterocycles. The van der Waals surface area contributed by atoms with Gasteiger partial charge in [0.05, 0.1) is 0 Å². The molecular formula is C12H23N3O4. The predicted octanol–water partition coefficient (Wildman–Crippen LogP) is 0.406. The molecule has 7 heteroatoms. The van der Waals surface area contributed by atoms with E-state index in [2.05, 4.69) is 10.6 Å². The number of hydrogen-bond acceptors (Lipinski definition) is 3. The van der Waals surface area contributed by atoms with Crippen LogP contribution in [-0.4, -0.2) is 52.6 Å². The molecule has 0 heterocycles. The number of carbonyl (C=O) groups excluding carboxylic acids is 2. The zero-order valence-corrected chi connectivity index (χ0v) is 12.1. The van der Waals surface area contributed by atoms with E-state index in [0.717, 1.165) is 0 Å². The molecule has 0 bridgehead atoms. The number of urea groups is 1. The first-order valence-electron chi connectivity index (χ1n) is 6.17. The molecule has 7 nitrogen and oxygen atoms in total. The number of nitrogens with one attached hydrogen (secondary N) is 2. The van der Waals surface area contributed by atoms with E-state index in [9.17, 15) is 14.4 Å². The van der Waals surface area contributed by atoms with Gasteiger partial charge in [-0.25, -0.2) is 4.79 Å². The number of hydrogen-bond donors (Lipinski definition) is 3. The van der Waals surface area contributed by atoms with Crippen LogP contribution in [0.5, 0.6) is 0 Å². The minimum absolute atomic E-state index is 0.306. The number of amides is 3. The number of carboxylic acids is 1. The molecule has 3 amide bonds. The minimum atomic E-state index is -1.10. The third-order valence-corrected chi connectivity index (χ3v) is 2.43. The summed E-state index contributed by atoms with van der Waals surface area (Å²) in [5, 5.41) is 13.9. The van der Waals surface area contributed by atoms with Gasteiger partial charge in [0, 0.05) is 12.1 Å². The summed E-state index contributed by atoms with van der Waals surface area (Å²) in [5.41, 5.74) is -0.649. The lowest BCUT2D eigenvalue weighted by Gasteiger charge is -2.35. The Kier molecular flexibility index (Phi) is 6.31. The van der Waals surface area contributed by atoms with Crippen molar-refractivity contribution >= 4 is 17.9 Å². The molecule has 0 spiro atoms. The van der Waals surface area contributed by atoms with Crippen LogP contribution in [0.4, 0.5) is 4.79 Å². The predicted molar refractivity (Wildman–Crippen MR) is 70.8 cm³/mol. The number of likely N-dealkylation sites (N-methyl/N-ethyl adjacent to an activating group) is 1. The zero-order chi connectivity index (χ0) is 15.2. The third-order valence-electron chi connectivity index (χ3n) is 2.43. The fraction of sp³-hybridized carbons (Fsp3) is 0.750. The van der Waals surface area contributed by atoms with Crippen molar-refractivity contribution in [3.8, 4) is 0 Å². The van der Waals surface area contributed by atoms with Crippen LogP contribution in [0.1, 0.15) is 34.6 Å². The van der Waals surface area contributed by atoms with E-state index in [4.69, 9.17) is 5.11 Å². The Morgan fingerprint density at radius 2 is 1.79 bits per heavy atom. The van der Waals surface area contributed by atoms with Crippen LogP contribution >= 0.6 is 0 Å². The molecule has 19 heavy (non-hydrogen) atoms. The normalized spacial score (nSPS) is 12.5. The number of carboxylic acid groups (broad SMARTS) is 1. The summed E-state index contributed by atoms with van der Waals surface area (Å²) in [7, 11) is 0. The maximum Gasteiger partial charge on any atom is 0.323 e. The number of aliphatic carboxylic acids is 1. The van der Waals surface area contributed by atoms with Crippen molar-refractivity contribution in [1.29, 1.82) is 0 Å². The van der Waals surface area contributed by atoms with Crippen LogP contribution in [0, 0.1) is 0 Å². The first-order chi connectivity index (χ1) is 8.59. The van der Waals surface area contributed by atoms with E-state index in [1.807, 2.05) is 0 Å². The second kappa shape index (κ2) is 6.96. The molecule has 0 fully saturated rings. The van der Waals surface area contributed by atoms with Crippen molar-refractivity contribution in [3.05, 3.63) is 0 Å². The summed E-state index contributed by atoms with van der Waals surface area (Å²) in [4.78, 5) is 35.5. The SMILES string of the molecule is CCNC(=O)C(C)NC(=O)N(CC(=O)O)C(C)(C)C. The van der Waals surface area contributed by atoms with Crippen LogP contribution < -0.4 is 10.6 Å². The molecule has 0 saturated carbocycles. The lowest BCUT2D eigenvalue weighted by atomic mass is 10.1. The van der Waals surface area contributed by atoms with E-state index in [1.165, 1.54) is 4.90 Å². The molecule has 0 rings (SSSR count). The van der Waals surface area contributed by atoms with Gasteiger partial charge in [0.2, 0.25) is 5.91 Å². The van der Waals surface area contributed by atoms with E-state index >= 15 is 0 Å². The van der Waals surface area contributed by atoms with E-state index in [1.54, 1.807) is 34.6 Å². The molecule has 0 aromatic rings. The monoisotopic (exact) mass is 273 g/mol. The van der Waals surface area contributed by atoms with Crippen molar-refractivity contribution < 1.29 is 19.5 Å². The van der Waals surface area contributed by atoms with E-state index in [0.29, 0.717) is 6.54 Å². The highest BCUT2D eigenvalue weighted by Gasteiger charge is 2.30. The minimum Gasteiger partial charge on any atom is -0.480 e. The van der Waals surface area contributed by atoms with Gasteiger partial charge in [-0.05, 0) is 34.6 Å². The van der Waals surface area contributed by atoms with Crippen molar-refractivity contribution in [3.63, 3.8) is 0 Å². The van der Waals surface area contributed by atoms with Gasteiger partial charge >= 0.3 is 12.0 Å². The Labute approximate surface area is 113 Å². The number of nitrogens with zero attached hydrogens (tertiary/aromatic N) is 1. The molecule has 110 valence electrons. The number of carbonyl (C=O) groups is 3. The second-order valence-corrected chi connectivity index (χ2v) is 5.22. The summed E-state index contributed by atoms with van der Waals surface area (Å²) < 4.78 is 0. The first kappa shape index (κ1) is 17.2. The zero-order valence-electron chi connectivity index (χ0n) is 12.1. The fourth-order valence-electron chi connectivity index (χ4n) is 1.40. The molecule has 0 aliphatic rings. The molecule has 1 atom stereocenters. The van der Waals surface area contributed by atoms with Gasteiger partial charge in [0.15, 0.2) is 0 Å². The van der Waals surface area contributed by atoms with Crippen LogP contribution in [0.15, 0.2) is 0 Å². The van der Waals surface area contributed by atoms with Crippen LogP contribution in [0.25, 0.3) is 0 Å². The van der Waals surface area contributed by atoms with Crippen molar-refractivity contribution in [2.24, 2.45) is 0 Å². The summed E-state index contributed by atoms with van der Waals surface area (Å²) in [5.74, 6) is -1.41. The Balaban J connectivity index is 4.74. The van der Waals surface area contributed by atoms with Gasteiger partial charge in [0.1, 0.15) is 12.6 Å². The smallest absolute Gasteiger partial charge is 0.323 e. The molecular weight excluding hydrogens is 250 g/mol. The van der Waals surface area contributed by atoms with Gasteiger partial charge in [-0.1, -0.05) is 0 Å². The summed E-state index contributed by atoms with van der Waals surface area (Å²) >= 11 is 0. The molecule has 3 N–H and O–H groups in total. The maximum atomic E-state index is 12.0. The standard InChI is InChI=1S/C12H23N3O4/c1-6-13-10(18)8(2)14-11(19)15(7-9(16)17)12(3,4)5/h8H,6-7H2,1-5H3,(H,13,18)(H,14,19)(H,16,17). The van der Waals surface area contributed by atoms with Crippen LogP contribution in [0.2, 0.25) is 0 Å². The van der Waals surface area contributed by atoms with Gasteiger partial charge in [-0.3, -0.25) is 9.59 Å². The van der Waals surface area contributed by atoms with Gasteiger partial charge in [-0.2, -0.15) is 0 Å². The fourth-order valence-corrected chi connectivity index (χ4v) is 1.40. The molecule has 0 aromatic carbocycles. The average molecular weight is 273 g/mol. The lowest BCUT2D eigenvalue weighted by molar-refractivity contribution is -0.138. The van der Waals surface area contributed by atoms with Gasteiger partial charge in [0.25, 0.3) is 0 Å². The topological polar surface area (TPSA) is 98.7 Å². The van der Waals surface area contributed by atoms with Crippen LogP contribution in [-0.2, 0) is 9.59 Å². The largest absolute Gasteiger partial charge is 0.480 e. The molecule has 0 aromatic heterocycles. The van der Waals surface area contributed by atoms with E-state index in [-0.39, 0.29) is 5.91 Å². The summed E-state index contributed by atoms with van der Waals surface area (Å²) in [6.07, 6.45) is 0. The second-order valence-electron chi connectivity index (χ2n) is 5.22. The van der Waals surface area contributed by atoms with Crippen molar-refractivity contribution in [2.75, 3.05) is 13.1 Å². The number of rotatable bonds is 5. The van der Waals surface area contributed by atoms with Gasteiger partial charge < -0.3 is 20.6 Å². The lowest BCUT2D eigenvalue weighted by Crippen LogP contribution is -2.56. The third kappa shape index (κ3) is 6.08. The highest BCUT2D eigenvalue weighted by Crippen LogP contribution is 2.13. The Morgan fingerprint density at radius 3 is 2.16 bits per heavy atom. The highest BCUT2D eigenvalue weighted by atomic mass is 16.4. The molecule has 0 aliphatic carbocycles. The Morgan fingerprint density at radius 1 is 1.26 bits per heavy atom. The van der Waals surface area contributed by atoms with Gasteiger partial charge in [-0.15, -0.1) is 0 Å². The molecule has 0 radical (unpaired) electrons. The highest BCUT2D eigenvalue weighted by molar-refractivity contribution is 5.88. The Bertz CT molecular complexity index is 349. The summed E-state index contributed by atoms with van der Waals surface area (Å²) in [6.45, 7) is 8.56. The first-order valence-corrected chi connectivity index (χ1v) is 6.17. The van der Waals surface area contributed by atoms with Crippen molar-refractivity contribution in [2.45, 2.75) is 46.2 Å². The molecule has 0 saturated heterocycles.